The third kappa shape index (κ3) is 5.56. The van der Waals surface area contributed by atoms with Crippen molar-refractivity contribution in [3.8, 4) is 0 Å². The van der Waals surface area contributed by atoms with Crippen molar-refractivity contribution in [3.05, 3.63) is 18.2 Å². The fraction of sp³-hybridized carbons (Fsp3) is 0.750. The van der Waals surface area contributed by atoms with E-state index in [1.165, 1.54) is 25.0 Å². The quantitative estimate of drug-likeness (QED) is 0.673. The number of nitrogens with one attached hydrogen (secondary N) is 1. The van der Waals surface area contributed by atoms with Crippen LogP contribution in [0, 0.1) is 6.92 Å². The highest BCUT2D eigenvalue weighted by molar-refractivity contribution is 7.98. The lowest BCUT2D eigenvalue weighted by atomic mass is 10.2. The smallest absolute Gasteiger partial charge is 0.105 e. The number of rotatable bonds is 9. The van der Waals surface area contributed by atoms with E-state index in [-0.39, 0.29) is 0 Å². The van der Waals surface area contributed by atoms with Crippen molar-refractivity contribution in [3.63, 3.8) is 0 Å². The highest BCUT2D eigenvalue weighted by Gasteiger charge is 1.95. The molecule has 0 spiro atoms. The molecule has 0 saturated heterocycles. The van der Waals surface area contributed by atoms with Crippen molar-refractivity contribution in [2.75, 3.05) is 25.1 Å². The summed E-state index contributed by atoms with van der Waals surface area (Å²) in [6.45, 7) is 5.25. The summed E-state index contributed by atoms with van der Waals surface area (Å²) in [5.74, 6) is 2.40. The molecule has 0 aliphatic heterocycles. The van der Waals surface area contributed by atoms with Gasteiger partial charge in [0.1, 0.15) is 5.82 Å². The number of hydrogen-bond donors (Lipinski definition) is 1. The van der Waals surface area contributed by atoms with Gasteiger partial charge in [0.15, 0.2) is 0 Å². The zero-order chi connectivity index (χ0) is 11.6. The van der Waals surface area contributed by atoms with Crippen molar-refractivity contribution >= 4 is 11.8 Å². The predicted octanol–water partition coefficient (Wildman–Crippen LogP) is 2.31. The van der Waals surface area contributed by atoms with Gasteiger partial charge in [-0.15, -0.1) is 0 Å². The highest BCUT2D eigenvalue weighted by Crippen LogP contribution is 2.01. The second kappa shape index (κ2) is 8.65. The zero-order valence-electron chi connectivity index (χ0n) is 10.4. The minimum absolute atomic E-state index is 1.02. The van der Waals surface area contributed by atoms with E-state index in [1.807, 2.05) is 31.1 Å². The van der Waals surface area contributed by atoms with E-state index in [4.69, 9.17) is 0 Å². The fourth-order valence-electron chi connectivity index (χ4n) is 1.64. The minimum atomic E-state index is 1.02. The Balaban J connectivity index is 1.91. The molecule has 0 aliphatic carbocycles. The Morgan fingerprint density at radius 1 is 1.31 bits per heavy atom. The van der Waals surface area contributed by atoms with Gasteiger partial charge in [0.05, 0.1) is 0 Å². The molecule has 16 heavy (non-hydrogen) atoms. The van der Waals surface area contributed by atoms with Gasteiger partial charge in [-0.3, -0.25) is 0 Å². The SMILES string of the molecule is CSCCCCCNCCn1ccnc1C. The lowest BCUT2D eigenvalue weighted by Crippen LogP contribution is -2.21. The molecule has 1 rings (SSSR count). The number of hydrogen-bond acceptors (Lipinski definition) is 3. The molecule has 92 valence electrons. The first-order chi connectivity index (χ1) is 7.84. The molecule has 1 N–H and O–H groups in total. The van der Waals surface area contributed by atoms with Crippen LogP contribution in [0.4, 0.5) is 0 Å². The summed E-state index contributed by atoms with van der Waals surface area (Å²) in [5.41, 5.74) is 0. The van der Waals surface area contributed by atoms with E-state index in [1.54, 1.807) is 0 Å². The van der Waals surface area contributed by atoms with Gasteiger partial charge < -0.3 is 9.88 Å². The maximum atomic E-state index is 4.20. The Kier molecular flexibility index (Phi) is 7.34. The molecular weight excluding hydrogens is 218 g/mol. The normalized spacial score (nSPS) is 10.9. The molecule has 0 atom stereocenters. The summed E-state index contributed by atoms with van der Waals surface area (Å²) in [5, 5.41) is 3.47. The van der Waals surface area contributed by atoms with E-state index in [2.05, 4.69) is 21.1 Å². The Hall–Kier alpha value is -0.480. The molecule has 0 unspecified atom stereocenters. The standard InChI is InChI=1S/C12H23N3S/c1-12-14-8-10-15(12)9-7-13-6-4-3-5-11-16-2/h8,10,13H,3-7,9,11H2,1-2H3. The Morgan fingerprint density at radius 3 is 2.88 bits per heavy atom. The third-order valence-corrected chi connectivity index (χ3v) is 3.35. The molecule has 0 aliphatic rings. The maximum absolute atomic E-state index is 4.20. The topological polar surface area (TPSA) is 29.9 Å². The van der Waals surface area contributed by atoms with Gasteiger partial charge in [-0.05, 0) is 38.3 Å². The number of unbranched alkanes of at least 4 members (excludes halogenated alkanes) is 2. The molecule has 0 bridgehead atoms. The highest BCUT2D eigenvalue weighted by atomic mass is 32.2. The van der Waals surface area contributed by atoms with Crippen LogP contribution in [-0.4, -0.2) is 34.6 Å². The van der Waals surface area contributed by atoms with E-state index >= 15 is 0 Å². The number of nitrogens with zero attached hydrogens (tertiary/aromatic N) is 2. The summed E-state index contributed by atoms with van der Waals surface area (Å²) >= 11 is 1.94. The van der Waals surface area contributed by atoms with E-state index in [9.17, 15) is 0 Å². The molecule has 1 aromatic heterocycles. The Labute approximate surface area is 103 Å². The molecule has 0 radical (unpaired) electrons. The van der Waals surface area contributed by atoms with Crippen molar-refractivity contribution < 1.29 is 0 Å². The van der Waals surface area contributed by atoms with E-state index in [0.717, 1.165) is 25.5 Å². The van der Waals surface area contributed by atoms with Gasteiger partial charge in [-0.25, -0.2) is 4.98 Å². The number of aromatic nitrogens is 2. The monoisotopic (exact) mass is 241 g/mol. The molecular formula is C12H23N3S. The second-order valence-electron chi connectivity index (χ2n) is 3.97. The van der Waals surface area contributed by atoms with Crippen molar-refractivity contribution in [2.24, 2.45) is 0 Å². The molecule has 1 aromatic rings. The summed E-state index contributed by atoms with van der Waals surface area (Å²) < 4.78 is 2.18. The van der Waals surface area contributed by atoms with Crippen molar-refractivity contribution in [1.29, 1.82) is 0 Å². The summed E-state index contributed by atoms with van der Waals surface area (Å²) in [6, 6.07) is 0. The molecule has 1 heterocycles. The van der Waals surface area contributed by atoms with Crippen molar-refractivity contribution in [1.82, 2.24) is 14.9 Å². The summed E-state index contributed by atoms with van der Waals surface area (Å²) in [6.07, 6.45) is 10.1. The Morgan fingerprint density at radius 2 is 2.19 bits per heavy atom. The summed E-state index contributed by atoms with van der Waals surface area (Å²) in [4.78, 5) is 4.20. The van der Waals surface area contributed by atoms with Gasteiger partial charge >= 0.3 is 0 Å². The van der Waals surface area contributed by atoms with Crippen LogP contribution in [0.1, 0.15) is 25.1 Å². The average Bonchev–Trinajstić information content (AvgIpc) is 2.68. The molecule has 0 aromatic carbocycles. The van der Waals surface area contributed by atoms with Crippen LogP contribution in [-0.2, 0) is 6.54 Å². The van der Waals surface area contributed by atoms with Crippen LogP contribution in [0.5, 0.6) is 0 Å². The first-order valence-electron chi connectivity index (χ1n) is 6.02. The minimum Gasteiger partial charge on any atom is -0.334 e. The fourth-order valence-corrected chi connectivity index (χ4v) is 2.13. The molecule has 0 saturated carbocycles. The first kappa shape index (κ1) is 13.6. The first-order valence-corrected chi connectivity index (χ1v) is 7.41. The Bertz CT molecular complexity index is 273. The van der Waals surface area contributed by atoms with E-state index in [0.29, 0.717) is 0 Å². The van der Waals surface area contributed by atoms with Crippen LogP contribution >= 0.6 is 11.8 Å². The largest absolute Gasteiger partial charge is 0.334 e. The van der Waals surface area contributed by atoms with Gasteiger partial charge in [-0.2, -0.15) is 11.8 Å². The van der Waals surface area contributed by atoms with Crippen LogP contribution in [0.2, 0.25) is 0 Å². The zero-order valence-corrected chi connectivity index (χ0v) is 11.2. The van der Waals surface area contributed by atoms with Crippen molar-refractivity contribution in [2.45, 2.75) is 32.7 Å². The van der Waals surface area contributed by atoms with Gasteiger partial charge in [-0.1, -0.05) is 6.42 Å². The van der Waals surface area contributed by atoms with Gasteiger partial charge in [0, 0.05) is 25.5 Å². The van der Waals surface area contributed by atoms with E-state index < -0.39 is 0 Å². The number of aryl methyl sites for hydroxylation is 1. The van der Waals surface area contributed by atoms with Crippen LogP contribution in [0.15, 0.2) is 12.4 Å². The molecule has 0 fully saturated rings. The third-order valence-electron chi connectivity index (χ3n) is 2.66. The number of imidazole rings is 1. The summed E-state index contributed by atoms with van der Waals surface area (Å²) in [7, 11) is 0. The van der Waals surface area contributed by atoms with Gasteiger partial charge in [0.25, 0.3) is 0 Å². The van der Waals surface area contributed by atoms with Crippen LogP contribution in [0.3, 0.4) is 0 Å². The lowest BCUT2D eigenvalue weighted by Gasteiger charge is -2.06. The lowest BCUT2D eigenvalue weighted by molar-refractivity contribution is 0.564. The van der Waals surface area contributed by atoms with Crippen LogP contribution < -0.4 is 5.32 Å². The maximum Gasteiger partial charge on any atom is 0.105 e. The predicted molar refractivity (Wildman–Crippen MR) is 72.1 cm³/mol. The second-order valence-corrected chi connectivity index (χ2v) is 4.96. The molecule has 0 amide bonds. The molecule has 3 nitrogen and oxygen atoms in total. The number of thioether (sulfide) groups is 1. The van der Waals surface area contributed by atoms with Crippen LogP contribution in [0.25, 0.3) is 0 Å². The molecule has 4 heteroatoms. The van der Waals surface area contributed by atoms with Gasteiger partial charge in [0.2, 0.25) is 0 Å². The average molecular weight is 241 g/mol.